The van der Waals surface area contributed by atoms with Crippen molar-refractivity contribution in [1.82, 2.24) is 24.9 Å². The molecule has 2 aromatic carbocycles. The van der Waals surface area contributed by atoms with Gasteiger partial charge >= 0.3 is 5.97 Å². The first-order valence-electron chi connectivity index (χ1n) is 13.4. The van der Waals surface area contributed by atoms with E-state index < -0.39 is 16.0 Å². The van der Waals surface area contributed by atoms with Crippen molar-refractivity contribution in [2.75, 3.05) is 18.4 Å². The first-order chi connectivity index (χ1) is 19.8. The Labute approximate surface area is 242 Å². The van der Waals surface area contributed by atoms with E-state index in [1.54, 1.807) is 10.4 Å². The molecule has 1 aliphatic rings. The van der Waals surface area contributed by atoms with Crippen LogP contribution in [0.4, 0.5) is 5.69 Å². The molecule has 0 spiro atoms. The molecule has 0 unspecified atom stereocenters. The zero-order valence-corrected chi connectivity index (χ0v) is 24.5. The van der Waals surface area contributed by atoms with E-state index in [0.29, 0.717) is 42.4 Å². The lowest BCUT2D eigenvalue weighted by Gasteiger charge is -2.32. The lowest BCUT2D eigenvalue weighted by molar-refractivity contribution is -0.214. The van der Waals surface area contributed by atoms with E-state index in [-0.39, 0.29) is 24.1 Å². The van der Waals surface area contributed by atoms with E-state index in [2.05, 4.69) is 25.9 Å². The topological polar surface area (TPSA) is 139 Å². The van der Waals surface area contributed by atoms with E-state index in [4.69, 9.17) is 9.78 Å². The number of anilines is 1. The number of benzene rings is 2. The van der Waals surface area contributed by atoms with Crippen LogP contribution in [-0.2, 0) is 25.5 Å². The molecule has 0 radical (unpaired) electrons. The Morgan fingerprint density at radius 1 is 1.12 bits per heavy atom. The van der Waals surface area contributed by atoms with Crippen LogP contribution >= 0.6 is 11.3 Å². The van der Waals surface area contributed by atoms with Gasteiger partial charge in [0, 0.05) is 35.8 Å². The van der Waals surface area contributed by atoms with Crippen LogP contribution in [0, 0.1) is 5.92 Å². The van der Waals surface area contributed by atoms with Crippen molar-refractivity contribution in [3.63, 3.8) is 0 Å². The molecule has 3 heterocycles. The van der Waals surface area contributed by atoms with Gasteiger partial charge in [0.05, 0.1) is 12.2 Å². The van der Waals surface area contributed by atoms with Crippen LogP contribution in [-0.4, -0.2) is 58.4 Å². The average Bonchev–Trinajstić information content (AvgIpc) is 3.63. The largest absolute Gasteiger partial charge is 0.382 e. The molecule has 5 rings (SSSR count). The van der Waals surface area contributed by atoms with Gasteiger partial charge < -0.3 is 5.32 Å². The van der Waals surface area contributed by atoms with E-state index >= 15 is 0 Å². The number of nitrogens with one attached hydrogen (secondary N) is 2. The summed E-state index contributed by atoms with van der Waals surface area (Å²) in [6.45, 7) is 4.80. The number of hydrogen-bond acceptors (Lipinski definition) is 10. The van der Waals surface area contributed by atoms with Crippen molar-refractivity contribution >= 4 is 33.0 Å². The molecule has 0 amide bonds. The van der Waals surface area contributed by atoms with Gasteiger partial charge in [0.15, 0.2) is 0 Å². The molecular weight excluding hydrogens is 564 g/mol. The second-order valence-electron chi connectivity index (χ2n) is 10.3. The molecule has 0 saturated carbocycles. The highest BCUT2D eigenvalue weighted by Gasteiger charge is 2.28. The first kappa shape index (κ1) is 28.7. The Morgan fingerprint density at radius 2 is 1.90 bits per heavy atom. The van der Waals surface area contributed by atoms with Crippen LogP contribution in [0.2, 0.25) is 0 Å². The number of nitrogens with zero attached hydrogens (tertiary/aromatic N) is 4. The maximum Gasteiger partial charge on any atom is 0.355 e. The smallest absolute Gasteiger partial charge is 0.355 e. The molecule has 0 atom stereocenters. The molecule has 216 valence electrons. The molecule has 11 nitrogen and oxygen atoms in total. The standard InChI is InChI=1S/C28H32N6O5S2/c1-19(2)15-26(35)39-38-24-17-25(40-27(24)28-30-32-33-31-28)21-9-6-10-23(16-21)29-22-11-13-34(14-12-22)41(36,37)18-20-7-4-3-5-8-20/h3-10,16-17,19,22,29H,11-15,18H2,1-2H3,(H,30,31,32,33). The summed E-state index contributed by atoms with van der Waals surface area (Å²) in [5, 5.41) is 17.7. The van der Waals surface area contributed by atoms with Gasteiger partial charge in [0.25, 0.3) is 0 Å². The summed E-state index contributed by atoms with van der Waals surface area (Å²) < 4.78 is 27.4. The minimum atomic E-state index is -3.37. The number of H-pyrrole nitrogens is 1. The Kier molecular flexibility index (Phi) is 8.96. The van der Waals surface area contributed by atoms with Crippen molar-refractivity contribution in [3.8, 4) is 26.9 Å². The van der Waals surface area contributed by atoms with Gasteiger partial charge in [0.1, 0.15) is 4.88 Å². The summed E-state index contributed by atoms with van der Waals surface area (Å²) in [5.74, 6) is 0.354. The fourth-order valence-corrected chi connectivity index (χ4v) is 7.17. The summed E-state index contributed by atoms with van der Waals surface area (Å²) in [6, 6.07) is 19.1. The third-order valence-electron chi connectivity index (χ3n) is 6.60. The normalized spacial score (nSPS) is 14.7. The van der Waals surface area contributed by atoms with Gasteiger partial charge in [0.2, 0.25) is 21.6 Å². The number of aromatic amines is 1. The molecule has 4 aromatic rings. The van der Waals surface area contributed by atoms with Crippen LogP contribution < -0.4 is 10.2 Å². The number of carbonyl (C=O) groups is 1. The molecule has 1 fully saturated rings. The summed E-state index contributed by atoms with van der Waals surface area (Å²) in [4.78, 5) is 24.0. The second-order valence-corrected chi connectivity index (χ2v) is 13.3. The summed E-state index contributed by atoms with van der Waals surface area (Å²) in [7, 11) is -3.37. The van der Waals surface area contributed by atoms with Gasteiger partial charge in [-0.05, 0) is 47.2 Å². The Balaban J connectivity index is 1.24. The third kappa shape index (κ3) is 7.48. The number of rotatable bonds is 11. The Hall–Kier alpha value is -3.81. The average molecular weight is 597 g/mol. The number of aromatic nitrogens is 4. The van der Waals surface area contributed by atoms with Crippen LogP contribution in [0.25, 0.3) is 21.1 Å². The molecule has 2 aromatic heterocycles. The predicted molar refractivity (Wildman–Crippen MR) is 156 cm³/mol. The van der Waals surface area contributed by atoms with Gasteiger partial charge in [-0.25, -0.2) is 17.5 Å². The number of thiophene rings is 1. The summed E-state index contributed by atoms with van der Waals surface area (Å²) in [5.41, 5.74) is 2.65. The van der Waals surface area contributed by atoms with Gasteiger partial charge in [-0.1, -0.05) is 56.3 Å². The fourth-order valence-electron chi connectivity index (χ4n) is 4.60. The molecular formula is C28H32N6O5S2. The van der Waals surface area contributed by atoms with Crippen molar-refractivity contribution in [1.29, 1.82) is 0 Å². The van der Waals surface area contributed by atoms with E-state index in [0.717, 1.165) is 21.7 Å². The highest BCUT2D eigenvalue weighted by molar-refractivity contribution is 7.88. The maximum absolute atomic E-state index is 12.9. The Bertz CT molecular complexity index is 1550. The molecule has 0 aliphatic carbocycles. The first-order valence-corrected chi connectivity index (χ1v) is 15.8. The molecule has 13 heteroatoms. The van der Waals surface area contributed by atoms with E-state index in [1.807, 2.05) is 68.4 Å². The zero-order chi connectivity index (χ0) is 28.8. The number of tetrazole rings is 1. The summed E-state index contributed by atoms with van der Waals surface area (Å²) in [6.07, 6.45) is 1.65. The third-order valence-corrected chi connectivity index (χ3v) is 9.61. The Morgan fingerprint density at radius 3 is 2.61 bits per heavy atom. The van der Waals surface area contributed by atoms with Crippen LogP contribution in [0.5, 0.6) is 5.75 Å². The molecule has 1 aliphatic heterocycles. The second kappa shape index (κ2) is 12.8. The SMILES string of the molecule is CC(C)CC(=O)OOc1cc(-c2cccc(NC3CCN(S(=O)(=O)Cc4ccccc4)CC3)c2)sc1-c1nn[nH]n1. The van der Waals surface area contributed by atoms with E-state index in [1.165, 1.54) is 11.3 Å². The number of hydrogen-bond donors (Lipinski definition) is 2. The fraction of sp³-hybridized carbons (Fsp3) is 0.357. The minimum absolute atomic E-state index is 0.0171. The lowest BCUT2D eigenvalue weighted by Crippen LogP contribution is -2.42. The summed E-state index contributed by atoms with van der Waals surface area (Å²) >= 11 is 1.39. The molecule has 0 bridgehead atoms. The number of sulfonamides is 1. The monoisotopic (exact) mass is 596 g/mol. The number of carbonyl (C=O) groups excluding carboxylic acids is 1. The van der Waals surface area contributed by atoms with Gasteiger partial charge in [-0.15, -0.1) is 21.5 Å². The van der Waals surface area contributed by atoms with Gasteiger partial charge in [-0.2, -0.15) is 5.21 Å². The zero-order valence-electron chi connectivity index (χ0n) is 22.8. The minimum Gasteiger partial charge on any atom is -0.382 e. The highest BCUT2D eigenvalue weighted by atomic mass is 32.2. The van der Waals surface area contributed by atoms with Crippen molar-refractivity contribution < 1.29 is 23.0 Å². The van der Waals surface area contributed by atoms with Crippen molar-refractivity contribution in [2.45, 2.75) is 44.9 Å². The van der Waals surface area contributed by atoms with E-state index in [9.17, 15) is 13.2 Å². The molecule has 41 heavy (non-hydrogen) atoms. The van der Waals surface area contributed by atoms with Crippen LogP contribution in [0.3, 0.4) is 0 Å². The molecule has 2 N–H and O–H groups in total. The van der Waals surface area contributed by atoms with Crippen molar-refractivity contribution in [3.05, 3.63) is 66.2 Å². The van der Waals surface area contributed by atoms with Crippen LogP contribution in [0.15, 0.2) is 60.7 Å². The predicted octanol–water partition coefficient (Wildman–Crippen LogP) is 4.88. The maximum atomic E-state index is 12.9. The van der Waals surface area contributed by atoms with Crippen LogP contribution in [0.1, 0.15) is 38.7 Å². The molecule has 1 saturated heterocycles. The number of piperidine rings is 1. The quantitative estimate of drug-likeness (QED) is 0.183. The lowest BCUT2D eigenvalue weighted by atomic mass is 10.1. The highest BCUT2D eigenvalue weighted by Crippen LogP contribution is 2.42. The van der Waals surface area contributed by atoms with Gasteiger partial charge in [-0.3, -0.25) is 9.78 Å². The van der Waals surface area contributed by atoms with Crippen molar-refractivity contribution in [2.24, 2.45) is 5.92 Å².